The molecule has 0 aliphatic carbocycles. The van der Waals surface area contributed by atoms with Gasteiger partial charge >= 0.3 is 0 Å². The average Bonchev–Trinajstić information content (AvgIpc) is 2.44. The molecule has 1 saturated heterocycles. The lowest BCUT2D eigenvalue weighted by Gasteiger charge is -2.40. The highest BCUT2D eigenvalue weighted by atomic mass is 32.2. The van der Waals surface area contributed by atoms with E-state index in [1.54, 1.807) is 5.56 Å². The van der Waals surface area contributed by atoms with Crippen LogP contribution in [-0.2, 0) is 6.54 Å². The Hall–Kier alpha value is -0.510. The summed E-state index contributed by atoms with van der Waals surface area (Å²) >= 11 is 2.12. The molecule has 0 saturated carbocycles. The van der Waals surface area contributed by atoms with E-state index in [0.29, 0.717) is 12.0 Å². The van der Waals surface area contributed by atoms with Gasteiger partial charge in [-0.2, -0.15) is 11.8 Å². The second kappa shape index (κ2) is 5.86. The van der Waals surface area contributed by atoms with Crippen LogP contribution < -0.4 is 5.32 Å². The highest BCUT2D eigenvalue weighted by molar-refractivity contribution is 8.00. The van der Waals surface area contributed by atoms with Crippen LogP contribution in [0.5, 0.6) is 0 Å². The molecule has 0 bridgehead atoms. The second-order valence-electron chi connectivity index (χ2n) is 5.84. The third-order valence-corrected chi connectivity index (χ3v) is 6.01. The zero-order valence-corrected chi connectivity index (χ0v) is 12.7. The Morgan fingerprint density at radius 2 is 2.16 bits per heavy atom. The summed E-state index contributed by atoms with van der Waals surface area (Å²) in [6.07, 6.45) is 0. The lowest BCUT2D eigenvalue weighted by atomic mass is 9.90. The second-order valence-corrected chi connectivity index (χ2v) is 7.32. The van der Waals surface area contributed by atoms with E-state index in [0.717, 1.165) is 18.3 Å². The molecule has 1 aromatic rings. The number of benzene rings is 1. The first-order valence-electron chi connectivity index (χ1n) is 7.40. The molecule has 2 aliphatic rings. The summed E-state index contributed by atoms with van der Waals surface area (Å²) in [7, 11) is 0. The molecule has 104 valence electrons. The predicted molar refractivity (Wildman–Crippen MR) is 83.8 cm³/mol. The molecule has 3 atom stereocenters. The van der Waals surface area contributed by atoms with Gasteiger partial charge in [0.25, 0.3) is 0 Å². The Balaban J connectivity index is 1.74. The van der Waals surface area contributed by atoms with E-state index in [4.69, 9.17) is 0 Å². The van der Waals surface area contributed by atoms with Crippen molar-refractivity contribution in [3.05, 3.63) is 35.4 Å². The van der Waals surface area contributed by atoms with E-state index >= 15 is 0 Å². The van der Waals surface area contributed by atoms with Crippen LogP contribution in [0.2, 0.25) is 0 Å². The molecule has 2 heterocycles. The third-order valence-electron chi connectivity index (χ3n) is 4.67. The summed E-state index contributed by atoms with van der Waals surface area (Å²) in [5.41, 5.74) is 3.06. The van der Waals surface area contributed by atoms with Crippen molar-refractivity contribution in [3.8, 4) is 0 Å². The molecule has 0 aromatic heterocycles. The van der Waals surface area contributed by atoms with E-state index < -0.39 is 0 Å². The van der Waals surface area contributed by atoms with Crippen molar-refractivity contribution < 1.29 is 0 Å². The van der Waals surface area contributed by atoms with E-state index in [-0.39, 0.29) is 0 Å². The summed E-state index contributed by atoms with van der Waals surface area (Å²) in [4.78, 5) is 2.69. The zero-order chi connectivity index (χ0) is 13.2. The number of thioether (sulfide) groups is 1. The summed E-state index contributed by atoms with van der Waals surface area (Å²) in [5, 5.41) is 4.34. The van der Waals surface area contributed by atoms with Crippen molar-refractivity contribution >= 4 is 11.8 Å². The van der Waals surface area contributed by atoms with Gasteiger partial charge in [0.2, 0.25) is 0 Å². The number of hydrogen-bond donors (Lipinski definition) is 1. The van der Waals surface area contributed by atoms with Gasteiger partial charge in [-0.25, -0.2) is 0 Å². The number of nitrogens with zero attached hydrogens (tertiary/aromatic N) is 1. The van der Waals surface area contributed by atoms with Crippen molar-refractivity contribution in [2.24, 2.45) is 0 Å². The van der Waals surface area contributed by atoms with Crippen molar-refractivity contribution in [1.82, 2.24) is 10.2 Å². The fourth-order valence-corrected chi connectivity index (χ4v) is 4.45. The first kappa shape index (κ1) is 13.5. The monoisotopic (exact) mass is 276 g/mol. The molecule has 3 unspecified atom stereocenters. The molecule has 0 amide bonds. The maximum Gasteiger partial charge on any atom is 0.0208 e. The largest absolute Gasteiger partial charge is 0.312 e. The lowest BCUT2D eigenvalue weighted by Crippen LogP contribution is -2.48. The van der Waals surface area contributed by atoms with E-state index in [9.17, 15) is 0 Å². The summed E-state index contributed by atoms with van der Waals surface area (Å²) in [6, 6.07) is 9.65. The summed E-state index contributed by atoms with van der Waals surface area (Å²) < 4.78 is 0. The Morgan fingerprint density at radius 3 is 3.05 bits per heavy atom. The smallest absolute Gasteiger partial charge is 0.0208 e. The Morgan fingerprint density at radius 1 is 1.32 bits per heavy atom. The van der Waals surface area contributed by atoms with Gasteiger partial charge in [-0.05, 0) is 18.1 Å². The molecule has 0 radical (unpaired) electrons. The molecule has 2 nitrogen and oxygen atoms in total. The first-order chi connectivity index (χ1) is 9.25. The van der Waals surface area contributed by atoms with Crippen LogP contribution in [0.3, 0.4) is 0 Å². The predicted octanol–water partition coefficient (Wildman–Crippen LogP) is 2.70. The molecule has 19 heavy (non-hydrogen) atoms. The highest BCUT2D eigenvalue weighted by Gasteiger charge is 2.29. The van der Waals surface area contributed by atoms with Crippen LogP contribution in [0.15, 0.2) is 24.3 Å². The minimum absolute atomic E-state index is 0.655. The van der Waals surface area contributed by atoms with Crippen LogP contribution in [0.1, 0.15) is 30.9 Å². The first-order valence-corrected chi connectivity index (χ1v) is 8.45. The van der Waals surface area contributed by atoms with Gasteiger partial charge in [-0.3, -0.25) is 4.90 Å². The van der Waals surface area contributed by atoms with E-state index in [1.807, 2.05) is 0 Å². The molecule has 1 N–H and O–H groups in total. The minimum atomic E-state index is 0.655. The van der Waals surface area contributed by atoms with Crippen molar-refractivity contribution in [3.63, 3.8) is 0 Å². The molecular formula is C16H24N2S. The molecule has 1 aromatic carbocycles. The number of nitrogens with one attached hydrogen (secondary N) is 1. The van der Waals surface area contributed by atoms with Crippen LogP contribution in [0, 0.1) is 0 Å². The molecule has 3 rings (SSSR count). The molecule has 0 spiro atoms. The van der Waals surface area contributed by atoms with Crippen LogP contribution in [0.25, 0.3) is 0 Å². The maximum atomic E-state index is 3.57. The zero-order valence-electron chi connectivity index (χ0n) is 11.9. The van der Waals surface area contributed by atoms with Crippen molar-refractivity contribution in [2.75, 3.05) is 25.4 Å². The molecule has 2 aliphatic heterocycles. The van der Waals surface area contributed by atoms with Gasteiger partial charge < -0.3 is 5.32 Å². The van der Waals surface area contributed by atoms with Crippen molar-refractivity contribution in [1.29, 1.82) is 0 Å². The standard InChI is InChI=1S/C16H24N2S/c1-12-13(2)19-8-7-18(12)11-15-10-17-9-14-5-3-4-6-16(14)15/h3-6,12-13,15,17H,7-11H2,1-2H3. The van der Waals surface area contributed by atoms with Crippen LogP contribution >= 0.6 is 11.8 Å². The Labute approximate surface area is 121 Å². The van der Waals surface area contributed by atoms with Crippen molar-refractivity contribution in [2.45, 2.75) is 37.6 Å². The topological polar surface area (TPSA) is 15.3 Å². The van der Waals surface area contributed by atoms with Gasteiger partial charge in [0.15, 0.2) is 0 Å². The molecule has 1 fully saturated rings. The average molecular weight is 276 g/mol. The molecule has 3 heteroatoms. The quantitative estimate of drug-likeness (QED) is 0.894. The number of fused-ring (bicyclic) bond motifs is 1. The van der Waals surface area contributed by atoms with E-state index in [1.165, 1.54) is 24.4 Å². The fraction of sp³-hybridized carbons (Fsp3) is 0.625. The molecular weight excluding hydrogens is 252 g/mol. The highest BCUT2D eigenvalue weighted by Crippen LogP contribution is 2.29. The number of hydrogen-bond acceptors (Lipinski definition) is 3. The summed E-state index contributed by atoms with van der Waals surface area (Å²) in [6.45, 7) is 9.37. The van der Waals surface area contributed by atoms with Gasteiger partial charge in [0.1, 0.15) is 0 Å². The number of rotatable bonds is 2. The normalized spacial score (nSPS) is 32.0. The van der Waals surface area contributed by atoms with Gasteiger partial charge in [-0.1, -0.05) is 31.2 Å². The maximum absolute atomic E-state index is 3.57. The fourth-order valence-electron chi connectivity index (χ4n) is 3.28. The Bertz CT molecular complexity index is 435. The van der Waals surface area contributed by atoms with Gasteiger partial charge in [0, 0.05) is 49.1 Å². The van der Waals surface area contributed by atoms with Crippen LogP contribution in [-0.4, -0.2) is 41.6 Å². The minimum Gasteiger partial charge on any atom is -0.312 e. The van der Waals surface area contributed by atoms with Gasteiger partial charge in [0.05, 0.1) is 0 Å². The Kier molecular flexibility index (Phi) is 4.15. The third kappa shape index (κ3) is 2.83. The van der Waals surface area contributed by atoms with Gasteiger partial charge in [-0.15, -0.1) is 0 Å². The SMILES string of the molecule is CC1SCCN(CC2CNCc3ccccc32)C1C. The van der Waals surface area contributed by atoms with E-state index in [2.05, 4.69) is 60.1 Å². The van der Waals surface area contributed by atoms with Crippen LogP contribution in [0.4, 0.5) is 0 Å². The lowest BCUT2D eigenvalue weighted by molar-refractivity contribution is 0.196. The summed E-state index contributed by atoms with van der Waals surface area (Å²) in [5.74, 6) is 1.94.